The molecule has 1 aromatic carbocycles. The van der Waals surface area contributed by atoms with Crippen LogP contribution in [0.2, 0.25) is 0 Å². The highest BCUT2D eigenvalue weighted by molar-refractivity contribution is 5.80. The molecule has 0 spiro atoms. The molecule has 1 aromatic heterocycles. The second-order valence-corrected chi connectivity index (χ2v) is 6.48. The molecule has 0 saturated carbocycles. The van der Waals surface area contributed by atoms with Gasteiger partial charge in [-0.2, -0.15) is 0 Å². The van der Waals surface area contributed by atoms with Crippen LogP contribution in [0.25, 0.3) is 10.9 Å². The topological polar surface area (TPSA) is 8.17 Å². The molecule has 0 N–H and O–H groups in total. The minimum Gasteiger partial charge on any atom is -0.351 e. The van der Waals surface area contributed by atoms with Crippen molar-refractivity contribution in [1.29, 1.82) is 0 Å². The van der Waals surface area contributed by atoms with E-state index in [2.05, 4.69) is 59.1 Å². The minimum absolute atomic E-state index is 0.903. The van der Waals surface area contributed by atoms with Gasteiger partial charge in [0.05, 0.1) is 0 Å². The Kier molecular flexibility index (Phi) is 2.92. The Balaban J connectivity index is 1.50. The number of rotatable bonds is 2. The maximum absolute atomic E-state index is 2.65. The zero-order valence-corrected chi connectivity index (χ0v) is 12.1. The molecule has 2 nitrogen and oxygen atoms in total. The number of nitrogens with zero attached hydrogens (tertiary/aromatic N) is 2. The van der Waals surface area contributed by atoms with Crippen molar-refractivity contribution in [3.05, 3.63) is 48.2 Å². The van der Waals surface area contributed by atoms with Crippen molar-refractivity contribution in [3.63, 3.8) is 0 Å². The van der Waals surface area contributed by atoms with Gasteiger partial charge in [-0.15, -0.1) is 0 Å². The summed E-state index contributed by atoms with van der Waals surface area (Å²) in [6, 6.07) is 9.12. The van der Waals surface area contributed by atoms with Gasteiger partial charge < -0.3 is 4.57 Å². The smallest absolute Gasteiger partial charge is 0.0477 e. The maximum Gasteiger partial charge on any atom is 0.0477 e. The molecule has 2 heterocycles. The first-order valence-electron chi connectivity index (χ1n) is 7.71. The van der Waals surface area contributed by atoms with Gasteiger partial charge >= 0.3 is 0 Å². The van der Waals surface area contributed by atoms with Crippen molar-refractivity contribution in [3.8, 4) is 0 Å². The third-order valence-corrected chi connectivity index (χ3v) is 5.05. The van der Waals surface area contributed by atoms with Crippen molar-refractivity contribution >= 4 is 10.9 Å². The third-order valence-electron chi connectivity index (χ3n) is 5.05. The van der Waals surface area contributed by atoms with E-state index in [-0.39, 0.29) is 0 Å². The molecule has 0 unspecified atom stereocenters. The molecule has 2 aromatic rings. The van der Waals surface area contributed by atoms with Crippen LogP contribution in [0, 0.1) is 11.8 Å². The van der Waals surface area contributed by atoms with Gasteiger partial charge in [0.2, 0.25) is 0 Å². The molecular weight excluding hydrogens is 244 g/mol. The van der Waals surface area contributed by atoms with E-state index in [4.69, 9.17) is 0 Å². The van der Waals surface area contributed by atoms with E-state index >= 15 is 0 Å². The first-order valence-corrected chi connectivity index (χ1v) is 7.71. The molecule has 0 radical (unpaired) electrons. The second-order valence-electron chi connectivity index (χ2n) is 6.48. The Labute approximate surface area is 120 Å². The summed E-state index contributed by atoms with van der Waals surface area (Å²) in [5, 5.41) is 1.36. The fourth-order valence-corrected chi connectivity index (χ4v) is 3.93. The third kappa shape index (κ3) is 2.08. The zero-order chi connectivity index (χ0) is 13.5. The SMILES string of the molecule is Cn1ccc2cc(CN3C[C@H]4CC=CC[C@H]4C3)ccc21. The summed E-state index contributed by atoms with van der Waals surface area (Å²) < 4.78 is 2.19. The number of allylic oxidation sites excluding steroid dienone is 2. The molecule has 104 valence electrons. The number of aryl methyl sites for hydroxylation is 1. The number of aromatic nitrogens is 1. The molecule has 1 aliphatic heterocycles. The van der Waals surface area contributed by atoms with E-state index in [0.29, 0.717) is 0 Å². The Hall–Kier alpha value is -1.54. The van der Waals surface area contributed by atoms with Crippen LogP contribution in [-0.2, 0) is 13.6 Å². The number of benzene rings is 1. The standard InChI is InChI=1S/C18H22N2/c1-19-9-8-15-10-14(6-7-18(15)19)11-20-12-16-4-2-3-5-17(16)13-20/h2-3,6-10,16-17H,4-5,11-13H2,1H3/t16-,17+. The van der Waals surface area contributed by atoms with Crippen molar-refractivity contribution < 1.29 is 0 Å². The molecule has 20 heavy (non-hydrogen) atoms. The normalized spacial score (nSPS) is 26.2. The molecule has 0 amide bonds. The molecule has 1 fully saturated rings. The first kappa shape index (κ1) is 12.2. The Morgan fingerprint density at radius 3 is 2.55 bits per heavy atom. The first-order chi connectivity index (χ1) is 9.79. The molecular formula is C18H22N2. The predicted molar refractivity (Wildman–Crippen MR) is 83.6 cm³/mol. The van der Waals surface area contributed by atoms with E-state index in [1.54, 1.807) is 0 Å². The van der Waals surface area contributed by atoms with Crippen LogP contribution in [0.1, 0.15) is 18.4 Å². The van der Waals surface area contributed by atoms with E-state index in [1.165, 1.54) is 42.4 Å². The average Bonchev–Trinajstić information content (AvgIpc) is 3.02. The van der Waals surface area contributed by atoms with Crippen LogP contribution < -0.4 is 0 Å². The van der Waals surface area contributed by atoms with Crippen molar-refractivity contribution in [1.82, 2.24) is 9.47 Å². The van der Waals surface area contributed by atoms with Crippen LogP contribution in [0.3, 0.4) is 0 Å². The van der Waals surface area contributed by atoms with Gasteiger partial charge in [-0.3, -0.25) is 4.90 Å². The van der Waals surface area contributed by atoms with E-state index in [1.807, 2.05) is 0 Å². The van der Waals surface area contributed by atoms with E-state index in [0.717, 1.165) is 18.4 Å². The molecule has 0 bridgehead atoms. The summed E-state index contributed by atoms with van der Waals surface area (Å²) in [6.07, 6.45) is 9.48. The van der Waals surface area contributed by atoms with Crippen LogP contribution >= 0.6 is 0 Å². The lowest BCUT2D eigenvalue weighted by Crippen LogP contribution is -2.20. The number of fused-ring (bicyclic) bond motifs is 2. The Morgan fingerprint density at radius 1 is 1.05 bits per heavy atom. The number of hydrogen-bond acceptors (Lipinski definition) is 1. The molecule has 1 aliphatic carbocycles. The Bertz CT molecular complexity index is 636. The average molecular weight is 266 g/mol. The van der Waals surface area contributed by atoms with Gasteiger partial charge in [0.15, 0.2) is 0 Å². The highest BCUT2D eigenvalue weighted by Crippen LogP contribution is 2.33. The molecule has 2 heteroatoms. The summed E-state index contributed by atoms with van der Waals surface area (Å²) in [7, 11) is 2.11. The zero-order valence-electron chi connectivity index (χ0n) is 12.1. The van der Waals surface area contributed by atoms with Crippen molar-refractivity contribution in [2.24, 2.45) is 18.9 Å². The number of hydrogen-bond donors (Lipinski definition) is 0. The molecule has 2 atom stereocenters. The highest BCUT2D eigenvalue weighted by Gasteiger charge is 2.32. The largest absolute Gasteiger partial charge is 0.351 e. The second kappa shape index (κ2) is 4.78. The van der Waals surface area contributed by atoms with Crippen LogP contribution in [0.4, 0.5) is 0 Å². The fraction of sp³-hybridized carbons (Fsp3) is 0.444. The molecule has 4 rings (SSSR count). The van der Waals surface area contributed by atoms with Crippen molar-refractivity contribution in [2.45, 2.75) is 19.4 Å². The van der Waals surface area contributed by atoms with E-state index < -0.39 is 0 Å². The Morgan fingerprint density at radius 2 is 1.80 bits per heavy atom. The summed E-state index contributed by atoms with van der Waals surface area (Å²) in [5.41, 5.74) is 2.78. The lowest BCUT2D eigenvalue weighted by Gasteiger charge is -2.18. The van der Waals surface area contributed by atoms with Crippen molar-refractivity contribution in [2.75, 3.05) is 13.1 Å². The quantitative estimate of drug-likeness (QED) is 0.754. The van der Waals surface area contributed by atoms with Crippen LogP contribution in [0.5, 0.6) is 0 Å². The van der Waals surface area contributed by atoms with Crippen LogP contribution in [0.15, 0.2) is 42.6 Å². The maximum atomic E-state index is 2.65. The summed E-state index contributed by atoms with van der Waals surface area (Å²) in [5.74, 6) is 1.81. The lowest BCUT2D eigenvalue weighted by molar-refractivity contribution is 0.314. The molecule has 2 aliphatic rings. The summed E-state index contributed by atoms with van der Waals surface area (Å²) in [6.45, 7) is 3.67. The van der Waals surface area contributed by atoms with Crippen LogP contribution in [-0.4, -0.2) is 22.6 Å². The summed E-state index contributed by atoms with van der Waals surface area (Å²) >= 11 is 0. The number of likely N-dealkylation sites (tertiary alicyclic amines) is 1. The molecule has 1 saturated heterocycles. The minimum atomic E-state index is 0.903. The van der Waals surface area contributed by atoms with Gasteiger partial charge in [-0.25, -0.2) is 0 Å². The predicted octanol–water partition coefficient (Wildman–Crippen LogP) is 3.58. The highest BCUT2D eigenvalue weighted by atomic mass is 15.2. The van der Waals surface area contributed by atoms with Gasteiger partial charge in [-0.1, -0.05) is 18.2 Å². The lowest BCUT2D eigenvalue weighted by atomic mass is 9.86. The monoisotopic (exact) mass is 266 g/mol. The van der Waals surface area contributed by atoms with Gasteiger partial charge in [-0.05, 0) is 53.8 Å². The van der Waals surface area contributed by atoms with Gasteiger partial charge in [0, 0.05) is 38.4 Å². The van der Waals surface area contributed by atoms with Gasteiger partial charge in [0.25, 0.3) is 0 Å². The summed E-state index contributed by atoms with van der Waals surface area (Å²) in [4.78, 5) is 2.65. The van der Waals surface area contributed by atoms with E-state index in [9.17, 15) is 0 Å². The van der Waals surface area contributed by atoms with Gasteiger partial charge in [0.1, 0.15) is 0 Å². The fourth-order valence-electron chi connectivity index (χ4n) is 3.93.